The Kier molecular flexibility index (Phi) is 7.34. The van der Waals surface area contributed by atoms with Gasteiger partial charge in [-0.15, -0.1) is 0 Å². The monoisotopic (exact) mass is 272 g/mol. The molecule has 0 bridgehead atoms. The normalized spacial score (nSPS) is 25.1. The largest absolute Gasteiger partial charge is 0.395 e. The smallest absolute Gasteiger partial charge is 0.225 e. The molecule has 1 saturated carbocycles. The second kappa shape index (κ2) is 8.51. The van der Waals surface area contributed by atoms with Crippen LogP contribution in [0.25, 0.3) is 0 Å². The highest BCUT2D eigenvalue weighted by Crippen LogP contribution is 2.30. The number of hydrogen-bond acceptors (Lipinski definition) is 4. The molecular formula is C14H28N2O3. The van der Waals surface area contributed by atoms with Crippen molar-refractivity contribution in [2.75, 3.05) is 33.4 Å². The van der Waals surface area contributed by atoms with Crippen LogP contribution in [0.1, 0.15) is 32.6 Å². The number of ether oxygens (including phenoxy) is 1. The van der Waals surface area contributed by atoms with Gasteiger partial charge in [-0.1, -0.05) is 13.3 Å². The summed E-state index contributed by atoms with van der Waals surface area (Å²) < 4.78 is 5.02. The predicted octanol–water partition coefficient (Wildman–Crippen LogP) is 0.607. The molecule has 0 spiro atoms. The zero-order chi connectivity index (χ0) is 14.3. The van der Waals surface area contributed by atoms with Gasteiger partial charge >= 0.3 is 0 Å². The van der Waals surface area contributed by atoms with E-state index in [1.54, 1.807) is 12.0 Å². The Bertz CT molecular complexity index is 273. The maximum Gasteiger partial charge on any atom is 0.225 e. The SMILES string of the molecule is COCCN(CCO)C(=O)C(C)C1CCCC(N)C1. The average molecular weight is 272 g/mol. The Morgan fingerprint density at radius 1 is 1.47 bits per heavy atom. The summed E-state index contributed by atoms with van der Waals surface area (Å²) in [4.78, 5) is 14.2. The summed E-state index contributed by atoms with van der Waals surface area (Å²) in [6.07, 6.45) is 4.20. The highest BCUT2D eigenvalue weighted by Gasteiger charge is 2.30. The minimum atomic E-state index is -0.0187. The van der Waals surface area contributed by atoms with Crippen LogP contribution in [0.15, 0.2) is 0 Å². The van der Waals surface area contributed by atoms with Gasteiger partial charge in [0, 0.05) is 32.2 Å². The molecule has 5 nitrogen and oxygen atoms in total. The van der Waals surface area contributed by atoms with Crippen molar-refractivity contribution in [1.29, 1.82) is 0 Å². The van der Waals surface area contributed by atoms with Gasteiger partial charge in [0.15, 0.2) is 0 Å². The standard InChI is InChI=1S/C14H28N2O3/c1-11(12-4-3-5-13(15)10-12)14(18)16(6-8-17)7-9-19-2/h11-13,17H,3-10,15H2,1-2H3. The highest BCUT2D eigenvalue weighted by molar-refractivity contribution is 5.78. The van der Waals surface area contributed by atoms with E-state index in [4.69, 9.17) is 15.6 Å². The number of aliphatic hydroxyl groups excluding tert-OH is 1. The lowest BCUT2D eigenvalue weighted by Gasteiger charge is -2.33. The Morgan fingerprint density at radius 3 is 2.79 bits per heavy atom. The van der Waals surface area contributed by atoms with Crippen LogP contribution >= 0.6 is 0 Å². The predicted molar refractivity (Wildman–Crippen MR) is 74.6 cm³/mol. The van der Waals surface area contributed by atoms with Gasteiger partial charge in [0.1, 0.15) is 0 Å². The first kappa shape index (κ1) is 16.4. The fraction of sp³-hybridized carbons (Fsp3) is 0.929. The molecule has 0 aromatic carbocycles. The van der Waals surface area contributed by atoms with Gasteiger partial charge in [-0.3, -0.25) is 4.79 Å². The summed E-state index contributed by atoms with van der Waals surface area (Å²) in [5.74, 6) is 0.472. The highest BCUT2D eigenvalue weighted by atomic mass is 16.5. The molecule has 3 atom stereocenters. The number of carbonyl (C=O) groups is 1. The van der Waals surface area contributed by atoms with Gasteiger partial charge in [0.2, 0.25) is 5.91 Å². The molecule has 3 unspecified atom stereocenters. The van der Waals surface area contributed by atoms with E-state index in [9.17, 15) is 4.79 Å². The summed E-state index contributed by atoms with van der Waals surface area (Å²) in [5, 5.41) is 9.06. The van der Waals surface area contributed by atoms with Crippen LogP contribution in [-0.4, -0.2) is 55.4 Å². The number of nitrogens with two attached hydrogens (primary N) is 1. The Morgan fingerprint density at radius 2 is 2.21 bits per heavy atom. The van der Waals surface area contributed by atoms with Crippen molar-refractivity contribution in [3.63, 3.8) is 0 Å². The number of methoxy groups -OCH3 is 1. The van der Waals surface area contributed by atoms with Crippen molar-refractivity contribution in [2.24, 2.45) is 17.6 Å². The summed E-state index contributed by atoms with van der Waals surface area (Å²) in [7, 11) is 1.62. The van der Waals surface area contributed by atoms with Crippen LogP contribution in [0.5, 0.6) is 0 Å². The van der Waals surface area contributed by atoms with Crippen LogP contribution in [-0.2, 0) is 9.53 Å². The van der Waals surface area contributed by atoms with E-state index in [1.165, 1.54) is 0 Å². The van der Waals surface area contributed by atoms with Gasteiger partial charge in [-0.25, -0.2) is 0 Å². The molecule has 112 valence electrons. The molecule has 5 heteroatoms. The van der Waals surface area contributed by atoms with Crippen molar-refractivity contribution in [3.05, 3.63) is 0 Å². The molecular weight excluding hydrogens is 244 g/mol. The van der Waals surface area contributed by atoms with Gasteiger partial charge < -0.3 is 20.5 Å². The van der Waals surface area contributed by atoms with Gasteiger partial charge in [0.05, 0.1) is 13.2 Å². The van der Waals surface area contributed by atoms with E-state index in [-0.39, 0.29) is 24.5 Å². The van der Waals surface area contributed by atoms with Gasteiger partial charge in [-0.2, -0.15) is 0 Å². The van der Waals surface area contributed by atoms with Crippen molar-refractivity contribution >= 4 is 5.91 Å². The molecule has 0 heterocycles. The van der Waals surface area contributed by atoms with Crippen LogP contribution in [0, 0.1) is 11.8 Å². The van der Waals surface area contributed by atoms with Crippen LogP contribution in [0.4, 0.5) is 0 Å². The molecule has 19 heavy (non-hydrogen) atoms. The Balaban J connectivity index is 2.55. The van der Waals surface area contributed by atoms with E-state index >= 15 is 0 Å². The van der Waals surface area contributed by atoms with E-state index < -0.39 is 0 Å². The lowest BCUT2D eigenvalue weighted by atomic mass is 9.78. The average Bonchev–Trinajstić information content (AvgIpc) is 2.42. The molecule has 0 saturated heterocycles. The molecule has 0 aromatic rings. The summed E-state index contributed by atoms with van der Waals surface area (Å²) >= 11 is 0. The lowest BCUT2D eigenvalue weighted by molar-refractivity contribution is -0.138. The second-order valence-corrected chi connectivity index (χ2v) is 5.52. The van der Waals surface area contributed by atoms with Crippen LogP contribution < -0.4 is 5.73 Å². The Hall–Kier alpha value is -0.650. The van der Waals surface area contributed by atoms with E-state index in [2.05, 4.69) is 0 Å². The third kappa shape index (κ3) is 5.09. The number of carbonyl (C=O) groups excluding carboxylic acids is 1. The molecule has 1 fully saturated rings. The molecule has 3 N–H and O–H groups in total. The van der Waals surface area contributed by atoms with Crippen molar-refractivity contribution < 1.29 is 14.6 Å². The van der Waals surface area contributed by atoms with Crippen LogP contribution in [0.2, 0.25) is 0 Å². The number of rotatable bonds is 7. The third-order valence-electron chi connectivity index (χ3n) is 4.10. The van der Waals surface area contributed by atoms with Crippen LogP contribution in [0.3, 0.4) is 0 Å². The minimum absolute atomic E-state index is 0.00758. The molecule has 0 aliphatic heterocycles. The third-order valence-corrected chi connectivity index (χ3v) is 4.10. The zero-order valence-electron chi connectivity index (χ0n) is 12.2. The number of amides is 1. The molecule has 0 radical (unpaired) electrons. The first-order valence-corrected chi connectivity index (χ1v) is 7.24. The van der Waals surface area contributed by atoms with E-state index in [0.29, 0.717) is 25.6 Å². The van der Waals surface area contributed by atoms with Crippen molar-refractivity contribution in [3.8, 4) is 0 Å². The zero-order valence-corrected chi connectivity index (χ0v) is 12.2. The van der Waals surface area contributed by atoms with Gasteiger partial charge in [0.25, 0.3) is 0 Å². The maximum absolute atomic E-state index is 12.5. The minimum Gasteiger partial charge on any atom is -0.395 e. The summed E-state index contributed by atoms with van der Waals surface area (Å²) in [5.41, 5.74) is 5.99. The molecule has 1 amide bonds. The number of nitrogens with zero attached hydrogens (tertiary/aromatic N) is 1. The molecule has 1 aliphatic rings. The second-order valence-electron chi connectivity index (χ2n) is 5.52. The molecule has 1 aliphatic carbocycles. The summed E-state index contributed by atoms with van der Waals surface area (Å²) in [6, 6.07) is 0.235. The summed E-state index contributed by atoms with van der Waals surface area (Å²) in [6.45, 7) is 3.40. The fourth-order valence-corrected chi connectivity index (χ4v) is 2.86. The Labute approximate surface area is 116 Å². The van der Waals surface area contributed by atoms with E-state index in [1.807, 2.05) is 6.92 Å². The van der Waals surface area contributed by atoms with Gasteiger partial charge in [-0.05, 0) is 25.2 Å². The maximum atomic E-state index is 12.5. The van der Waals surface area contributed by atoms with Crippen molar-refractivity contribution in [2.45, 2.75) is 38.6 Å². The number of aliphatic hydroxyl groups is 1. The van der Waals surface area contributed by atoms with Crippen molar-refractivity contribution in [1.82, 2.24) is 4.90 Å². The first-order valence-electron chi connectivity index (χ1n) is 7.24. The number of hydrogen-bond donors (Lipinski definition) is 2. The topological polar surface area (TPSA) is 75.8 Å². The molecule has 1 rings (SSSR count). The molecule has 0 aromatic heterocycles. The first-order chi connectivity index (χ1) is 9.10. The fourth-order valence-electron chi connectivity index (χ4n) is 2.86. The van der Waals surface area contributed by atoms with E-state index in [0.717, 1.165) is 25.7 Å². The lowest BCUT2D eigenvalue weighted by Crippen LogP contribution is -2.43. The quantitative estimate of drug-likeness (QED) is 0.712.